The van der Waals surface area contributed by atoms with Crippen molar-refractivity contribution in [3.8, 4) is 0 Å². The molecule has 0 heterocycles. The van der Waals surface area contributed by atoms with Gasteiger partial charge in [-0.3, -0.25) is 37.3 Å². The molecule has 0 bridgehead atoms. The van der Waals surface area contributed by atoms with Crippen molar-refractivity contribution < 1.29 is 80.2 Å². The molecule has 106 heavy (non-hydrogen) atoms. The lowest BCUT2D eigenvalue weighted by Gasteiger charge is -2.21. The van der Waals surface area contributed by atoms with Crippen molar-refractivity contribution in [2.75, 3.05) is 39.6 Å². The van der Waals surface area contributed by atoms with Crippen molar-refractivity contribution in [1.82, 2.24) is 0 Å². The van der Waals surface area contributed by atoms with Crippen molar-refractivity contribution >= 4 is 39.5 Å². The highest BCUT2D eigenvalue weighted by Gasteiger charge is 2.30. The zero-order valence-corrected chi connectivity index (χ0v) is 67.8. The molecule has 3 N–H and O–H groups in total. The van der Waals surface area contributed by atoms with Crippen LogP contribution in [-0.4, -0.2) is 96.7 Å². The highest BCUT2D eigenvalue weighted by atomic mass is 31.2. The zero-order chi connectivity index (χ0) is 77.4. The van der Waals surface area contributed by atoms with Gasteiger partial charge in [0.15, 0.2) is 12.2 Å². The lowest BCUT2D eigenvalue weighted by Crippen LogP contribution is -2.30. The minimum absolute atomic E-state index is 0.0427. The van der Waals surface area contributed by atoms with Gasteiger partial charge in [-0.25, -0.2) is 9.13 Å². The molecule has 0 saturated carbocycles. The highest BCUT2D eigenvalue weighted by Crippen LogP contribution is 2.45. The molecular weight excluding hydrogens is 1380 g/mol. The lowest BCUT2D eigenvalue weighted by atomic mass is 10.0. The Hall–Kier alpha value is -5.32. The summed E-state index contributed by atoms with van der Waals surface area (Å²) in [5.41, 5.74) is 0. The summed E-state index contributed by atoms with van der Waals surface area (Å²) in [6.45, 7) is 4.45. The second-order valence-electron chi connectivity index (χ2n) is 26.6. The first-order valence-corrected chi connectivity index (χ1v) is 43.7. The summed E-state index contributed by atoms with van der Waals surface area (Å²) in [6.07, 6.45) is 90.7. The predicted molar refractivity (Wildman–Crippen MR) is 436 cm³/mol. The van der Waals surface area contributed by atoms with E-state index in [2.05, 4.69) is 186 Å². The summed E-state index contributed by atoms with van der Waals surface area (Å²) in [4.78, 5) is 73.1. The molecule has 0 amide bonds. The van der Waals surface area contributed by atoms with Gasteiger partial charge in [0, 0.05) is 25.7 Å². The van der Waals surface area contributed by atoms with Gasteiger partial charge in [-0.05, 0) is 148 Å². The summed E-state index contributed by atoms with van der Waals surface area (Å²) in [5, 5.41) is 10.7. The van der Waals surface area contributed by atoms with E-state index in [1.54, 1.807) is 0 Å². The number of hydrogen-bond donors (Lipinski definition) is 3. The van der Waals surface area contributed by atoms with E-state index in [0.717, 1.165) is 180 Å². The standard InChI is InChI=1S/C87H144O17P2/c1-5-9-13-17-21-25-29-33-36-38-40-42-45-49-52-56-60-64-68-72-85(90)98-78-83(104-87(92)74-70-66-62-58-54-50-46-43-41-39-37-34-30-26-22-18-14-10-6-2)80-102-106(95,96)100-76-81(88)75-99-105(93,94)101-79-82(103-86(91)73-69-65-61-57-53-47-32-28-24-20-16-12-8-4)77-97-84(89)71-67-63-59-55-51-48-44-35-31-27-23-19-15-11-7-3/h9-11,13-15,21-23,25-27,33-37,40-44,49-50,52,54,81-83,88H,5-8,12,16-20,24,28-32,38-39,45-48,51,53,55-80H2,1-4H3,(H,93,94)(H,95,96)/b13-9-,14-10-,15-11-,25-21-,26-22-,27-23-,36-33-,37-34-,42-40-,43-41-,44-35-,52-49-,54-50-. The average Bonchev–Trinajstić information content (AvgIpc) is 0.903. The SMILES string of the molecule is CC/C=C\C/C=C\C/C=C\C/C=C\C/C=C\CCCCCC(=O)OCC(COP(=O)(O)OCC(O)COP(=O)(O)OCC(COC(=O)CCCCCCC/C=C\C/C=C\C/C=C\CC)OC(=O)CCCCCCCCCCCCCCC)OC(=O)CCCCC/C=C\C/C=C\C/C=C\C/C=C\C/C=C\CC. The second-order valence-corrected chi connectivity index (χ2v) is 29.5. The molecule has 604 valence electrons. The van der Waals surface area contributed by atoms with Crippen LogP contribution in [0.3, 0.4) is 0 Å². The van der Waals surface area contributed by atoms with Gasteiger partial charge >= 0.3 is 39.5 Å². The molecule has 0 aliphatic rings. The van der Waals surface area contributed by atoms with Crippen LogP contribution in [-0.2, 0) is 65.4 Å². The Morgan fingerprint density at radius 3 is 0.764 bits per heavy atom. The van der Waals surface area contributed by atoms with Gasteiger partial charge in [0.2, 0.25) is 0 Å². The van der Waals surface area contributed by atoms with E-state index >= 15 is 0 Å². The van der Waals surface area contributed by atoms with Gasteiger partial charge in [0.05, 0.1) is 26.4 Å². The summed E-state index contributed by atoms with van der Waals surface area (Å²) < 4.78 is 68.6. The molecule has 17 nitrogen and oxygen atoms in total. The monoisotopic (exact) mass is 1520 g/mol. The lowest BCUT2D eigenvalue weighted by molar-refractivity contribution is -0.161. The molecule has 0 aliphatic heterocycles. The number of allylic oxidation sites excluding steroid dienone is 26. The average molecular weight is 1520 g/mol. The van der Waals surface area contributed by atoms with Gasteiger partial charge in [-0.2, -0.15) is 0 Å². The largest absolute Gasteiger partial charge is 0.472 e. The fourth-order valence-corrected chi connectivity index (χ4v) is 12.0. The first-order valence-electron chi connectivity index (χ1n) is 40.7. The third-order valence-electron chi connectivity index (χ3n) is 16.5. The number of rotatable bonds is 75. The minimum atomic E-state index is -5.00. The Morgan fingerprint density at radius 1 is 0.274 bits per heavy atom. The third kappa shape index (κ3) is 76.9. The maximum atomic E-state index is 13.1. The van der Waals surface area contributed by atoms with E-state index in [9.17, 15) is 43.2 Å². The molecule has 19 heteroatoms. The molecule has 0 rings (SSSR count). The third-order valence-corrected chi connectivity index (χ3v) is 18.4. The Balaban J connectivity index is 5.45. The van der Waals surface area contributed by atoms with Gasteiger partial charge in [-0.15, -0.1) is 0 Å². The fourth-order valence-electron chi connectivity index (χ4n) is 10.4. The quantitative estimate of drug-likeness (QED) is 0.0169. The van der Waals surface area contributed by atoms with Crippen LogP contribution in [0.2, 0.25) is 0 Å². The summed E-state index contributed by atoms with van der Waals surface area (Å²) >= 11 is 0. The van der Waals surface area contributed by atoms with E-state index in [0.29, 0.717) is 25.7 Å². The molecule has 0 aromatic carbocycles. The number of aliphatic hydroxyl groups excluding tert-OH is 1. The van der Waals surface area contributed by atoms with E-state index in [4.69, 9.17) is 37.0 Å². The fraction of sp³-hybridized carbons (Fsp3) is 0.655. The molecule has 0 aliphatic carbocycles. The maximum Gasteiger partial charge on any atom is 0.472 e. The number of unbranched alkanes of at least 4 members (excludes halogenated alkanes) is 23. The molecule has 0 aromatic rings. The Morgan fingerprint density at radius 2 is 0.491 bits per heavy atom. The first kappa shape index (κ1) is 101. The van der Waals surface area contributed by atoms with Crippen LogP contribution in [0.15, 0.2) is 158 Å². The van der Waals surface area contributed by atoms with Crippen LogP contribution in [0.1, 0.15) is 310 Å². The number of carbonyl (C=O) groups is 4. The molecule has 5 unspecified atom stereocenters. The van der Waals surface area contributed by atoms with E-state index < -0.39 is 97.5 Å². The number of esters is 4. The molecular formula is C87H144O17P2. The van der Waals surface area contributed by atoms with Crippen LogP contribution in [0.25, 0.3) is 0 Å². The maximum absolute atomic E-state index is 13.1. The summed E-state index contributed by atoms with van der Waals surface area (Å²) in [5.74, 6) is -2.27. The number of ether oxygens (including phenoxy) is 4. The smallest absolute Gasteiger partial charge is 0.462 e. The van der Waals surface area contributed by atoms with Crippen molar-refractivity contribution in [3.05, 3.63) is 158 Å². The van der Waals surface area contributed by atoms with Gasteiger partial charge in [0.1, 0.15) is 19.3 Å². The van der Waals surface area contributed by atoms with Gasteiger partial charge < -0.3 is 33.8 Å². The number of hydrogen-bond acceptors (Lipinski definition) is 15. The number of phosphoric acid groups is 2. The van der Waals surface area contributed by atoms with E-state index in [-0.39, 0.29) is 25.7 Å². The molecule has 0 radical (unpaired) electrons. The molecule has 5 atom stereocenters. The Kier molecular flexibility index (Phi) is 73.9. The van der Waals surface area contributed by atoms with E-state index in [1.165, 1.54) is 51.4 Å². The van der Waals surface area contributed by atoms with Crippen molar-refractivity contribution in [1.29, 1.82) is 0 Å². The Labute approximate surface area is 642 Å². The number of phosphoric ester groups is 2. The van der Waals surface area contributed by atoms with Crippen LogP contribution in [0, 0.1) is 0 Å². The van der Waals surface area contributed by atoms with Crippen molar-refractivity contribution in [2.45, 2.75) is 329 Å². The predicted octanol–water partition coefficient (Wildman–Crippen LogP) is 24.0. The van der Waals surface area contributed by atoms with Crippen molar-refractivity contribution in [2.24, 2.45) is 0 Å². The first-order chi connectivity index (χ1) is 51.7. The van der Waals surface area contributed by atoms with Crippen molar-refractivity contribution in [3.63, 3.8) is 0 Å². The Bertz CT molecular complexity index is 2630. The number of aliphatic hydroxyl groups is 1. The second kappa shape index (κ2) is 77.8. The molecule has 0 spiro atoms. The number of carbonyl (C=O) groups excluding carboxylic acids is 4. The molecule has 0 aromatic heterocycles. The molecule has 0 fully saturated rings. The summed E-state index contributed by atoms with van der Waals surface area (Å²) in [7, 11) is -9.99. The highest BCUT2D eigenvalue weighted by molar-refractivity contribution is 7.47. The topological polar surface area (TPSA) is 237 Å². The van der Waals surface area contributed by atoms with Crippen LogP contribution < -0.4 is 0 Å². The molecule has 0 saturated heterocycles. The van der Waals surface area contributed by atoms with Crippen LogP contribution >= 0.6 is 15.6 Å². The normalized spacial score (nSPS) is 14.7. The van der Waals surface area contributed by atoms with Gasteiger partial charge in [-0.1, -0.05) is 295 Å². The van der Waals surface area contributed by atoms with Crippen LogP contribution in [0.5, 0.6) is 0 Å². The van der Waals surface area contributed by atoms with Crippen LogP contribution in [0.4, 0.5) is 0 Å². The van der Waals surface area contributed by atoms with Gasteiger partial charge in [0.25, 0.3) is 0 Å². The van der Waals surface area contributed by atoms with E-state index in [1.807, 2.05) is 0 Å². The minimum Gasteiger partial charge on any atom is -0.462 e. The zero-order valence-electron chi connectivity index (χ0n) is 66.1. The summed E-state index contributed by atoms with van der Waals surface area (Å²) in [6, 6.07) is 0.